The van der Waals surface area contributed by atoms with Gasteiger partial charge in [0.15, 0.2) is 6.29 Å². The van der Waals surface area contributed by atoms with Crippen LogP contribution in [0.4, 0.5) is 0 Å². The normalized spacial score (nSPS) is 16.6. The standard InChI is InChI=1S/C21H24N2O5/c24-12-9-15-5-4-10-22-20(15)21(27)23-11-2-1-6-16(23)14-28-19-8-3-7-18(26)17(19)13-25/h3-5,7-8,10,13,16,24,26H,1-2,6,9,11-12,14H2. The molecule has 1 aromatic carbocycles. The van der Waals surface area contributed by atoms with Gasteiger partial charge in [0.25, 0.3) is 5.91 Å². The quantitative estimate of drug-likeness (QED) is 0.710. The lowest BCUT2D eigenvalue weighted by Gasteiger charge is -2.35. The highest BCUT2D eigenvalue weighted by molar-refractivity contribution is 5.94. The van der Waals surface area contributed by atoms with Crippen LogP contribution in [-0.4, -0.2) is 58.1 Å². The molecular formula is C21H24N2O5. The average molecular weight is 384 g/mol. The SMILES string of the molecule is O=Cc1c(O)cccc1OCC1CCCCN1C(=O)c1ncccc1CCO. The Kier molecular flexibility index (Phi) is 6.60. The number of aromatic hydroxyl groups is 1. The van der Waals surface area contributed by atoms with E-state index in [2.05, 4.69) is 4.98 Å². The summed E-state index contributed by atoms with van der Waals surface area (Å²) >= 11 is 0. The van der Waals surface area contributed by atoms with Crippen LogP contribution < -0.4 is 4.74 Å². The van der Waals surface area contributed by atoms with Crippen molar-refractivity contribution >= 4 is 12.2 Å². The molecule has 1 aliphatic rings. The molecular weight excluding hydrogens is 360 g/mol. The Balaban J connectivity index is 1.77. The Morgan fingerprint density at radius 3 is 2.93 bits per heavy atom. The molecule has 1 unspecified atom stereocenters. The first kappa shape index (κ1) is 19.8. The summed E-state index contributed by atoms with van der Waals surface area (Å²) in [6, 6.07) is 8.05. The predicted molar refractivity (Wildman–Crippen MR) is 103 cm³/mol. The number of aldehydes is 1. The largest absolute Gasteiger partial charge is 0.507 e. The summed E-state index contributed by atoms with van der Waals surface area (Å²) in [4.78, 5) is 30.3. The van der Waals surface area contributed by atoms with Crippen molar-refractivity contribution in [2.75, 3.05) is 19.8 Å². The van der Waals surface area contributed by atoms with E-state index in [0.29, 0.717) is 30.7 Å². The number of rotatable bonds is 7. The monoisotopic (exact) mass is 384 g/mol. The molecule has 1 aromatic heterocycles. The molecule has 28 heavy (non-hydrogen) atoms. The summed E-state index contributed by atoms with van der Waals surface area (Å²) < 4.78 is 5.80. The summed E-state index contributed by atoms with van der Waals surface area (Å²) in [5, 5.41) is 19.0. The van der Waals surface area contributed by atoms with Crippen molar-refractivity contribution in [1.29, 1.82) is 0 Å². The molecule has 3 rings (SSSR count). The minimum absolute atomic E-state index is 0.0511. The molecule has 2 N–H and O–H groups in total. The zero-order valence-corrected chi connectivity index (χ0v) is 15.6. The number of aliphatic hydroxyl groups is 1. The number of benzene rings is 1. The van der Waals surface area contributed by atoms with Crippen LogP contribution in [0.5, 0.6) is 11.5 Å². The molecule has 1 saturated heterocycles. The van der Waals surface area contributed by atoms with Gasteiger partial charge in [-0.25, -0.2) is 0 Å². The number of likely N-dealkylation sites (tertiary alicyclic amines) is 1. The fourth-order valence-corrected chi connectivity index (χ4v) is 3.49. The molecule has 0 radical (unpaired) electrons. The van der Waals surface area contributed by atoms with Crippen LogP contribution in [0.1, 0.15) is 45.7 Å². The molecule has 7 heteroatoms. The molecule has 0 bridgehead atoms. The number of carbonyl (C=O) groups excluding carboxylic acids is 2. The van der Waals surface area contributed by atoms with Crippen LogP contribution >= 0.6 is 0 Å². The van der Waals surface area contributed by atoms with Gasteiger partial charge in [0, 0.05) is 19.3 Å². The first-order valence-electron chi connectivity index (χ1n) is 9.41. The van der Waals surface area contributed by atoms with E-state index in [1.807, 2.05) is 0 Å². The summed E-state index contributed by atoms with van der Waals surface area (Å²) in [6.07, 6.45) is 5.16. The zero-order valence-electron chi connectivity index (χ0n) is 15.6. The van der Waals surface area contributed by atoms with Gasteiger partial charge in [0.2, 0.25) is 0 Å². The lowest BCUT2D eigenvalue weighted by molar-refractivity contribution is 0.0519. The lowest BCUT2D eigenvalue weighted by atomic mass is 10.0. The van der Waals surface area contributed by atoms with Gasteiger partial charge in [0.05, 0.1) is 11.6 Å². The van der Waals surface area contributed by atoms with Gasteiger partial charge in [-0.3, -0.25) is 14.6 Å². The third kappa shape index (κ3) is 4.31. The molecule has 1 fully saturated rings. The second-order valence-corrected chi connectivity index (χ2v) is 6.75. The lowest BCUT2D eigenvalue weighted by Crippen LogP contribution is -2.47. The number of phenolic OH excluding ortho intramolecular Hbond substituents is 1. The third-order valence-corrected chi connectivity index (χ3v) is 4.96. The van der Waals surface area contributed by atoms with Gasteiger partial charge in [-0.2, -0.15) is 0 Å². The second-order valence-electron chi connectivity index (χ2n) is 6.75. The van der Waals surface area contributed by atoms with E-state index in [4.69, 9.17) is 4.74 Å². The topological polar surface area (TPSA) is 100.0 Å². The van der Waals surface area contributed by atoms with Crippen molar-refractivity contribution in [2.45, 2.75) is 31.7 Å². The molecule has 148 valence electrons. The van der Waals surface area contributed by atoms with Crippen LogP contribution in [0.3, 0.4) is 0 Å². The van der Waals surface area contributed by atoms with Crippen molar-refractivity contribution in [3.8, 4) is 11.5 Å². The van der Waals surface area contributed by atoms with E-state index in [1.165, 1.54) is 6.07 Å². The maximum absolute atomic E-state index is 13.1. The zero-order chi connectivity index (χ0) is 19.9. The number of ether oxygens (including phenoxy) is 1. The van der Waals surface area contributed by atoms with Crippen LogP contribution in [-0.2, 0) is 6.42 Å². The van der Waals surface area contributed by atoms with Crippen LogP contribution in [0.15, 0.2) is 36.5 Å². The van der Waals surface area contributed by atoms with Crippen molar-refractivity contribution in [3.05, 3.63) is 53.3 Å². The predicted octanol–water partition coefficient (Wildman–Crippen LogP) is 2.21. The van der Waals surface area contributed by atoms with Crippen molar-refractivity contribution in [2.24, 2.45) is 0 Å². The minimum Gasteiger partial charge on any atom is -0.507 e. The van der Waals surface area contributed by atoms with Gasteiger partial charge in [-0.1, -0.05) is 12.1 Å². The smallest absolute Gasteiger partial charge is 0.273 e. The molecule has 1 amide bonds. The van der Waals surface area contributed by atoms with E-state index in [0.717, 1.165) is 24.8 Å². The number of hydrogen-bond donors (Lipinski definition) is 2. The minimum atomic E-state index is -0.177. The van der Waals surface area contributed by atoms with Crippen molar-refractivity contribution in [1.82, 2.24) is 9.88 Å². The molecule has 0 saturated carbocycles. The van der Waals surface area contributed by atoms with E-state index in [1.54, 1.807) is 35.4 Å². The third-order valence-electron chi connectivity index (χ3n) is 4.96. The molecule has 1 aliphatic heterocycles. The van der Waals surface area contributed by atoms with Crippen LogP contribution in [0, 0.1) is 0 Å². The Hall–Kier alpha value is -2.93. The number of aliphatic hydroxyl groups excluding tert-OH is 1. The highest BCUT2D eigenvalue weighted by Crippen LogP contribution is 2.27. The highest BCUT2D eigenvalue weighted by Gasteiger charge is 2.30. The van der Waals surface area contributed by atoms with Gasteiger partial charge in [-0.15, -0.1) is 0 Å². The Morgan fingerprint density at radius 2 is 2.14 bits per heavy atom. The summed E-state index contributed by atoms with van der Waals surface area (Å²) in [7, 11) is 0. The maximum atomic E-state index is 13.1. The fraction of sp³-hybridized carbons (Fsp3) is 0.381. The number of hydrogen-bond acceptors (Lipinski definition) is 6. The first-order chi connectivity index (χ1) is 13.7. The number of pyridine rings is 1. The number of nitrogens with zero attached hydrogens (tertiary/aromatic N) is 2. The first-order valence-corrected chi connectivity index (χ1v) is 9.41. The second kappa shape index (κ2) is 9.32. The molecule has 1 atom stereocenters. The highest BCUT2D eigenvalue weighted by atomic mass is 16.5. The molecule has 2 aromatic rings. The number of phenols is 1. The summed E-state index contributed by atoms with van der Waals surface area (Å²) in [5.74, 6) is -0.0122. The Bertz CT molecular complexity index is 839. The molecule has 7 nitrogen and oxygen atoms in total. The molecule has 0 spiro atoms. The Morgan fingerprint density at radius 1 is 1.29 bits per heavy atom. The molecule has 2 heterocycles. The molecule has 0 aliphatic carbocycles. The number of amides is 1. The van der Waals surface area contributed by atoms with Crippen LogP contribution in [0.2, 0.25) is 0 Å². The van der Waals surface area contributed by atoms with Gasteiger partial charge in [-0.05, 0) is 49.4 Å². The van der Waals surface area contributed by atoms with E-state index >= 15 is 0 Å². The van der Waals surface area contributed by atoms with E-state index in [9.17, 15) is 19.8 Å². The van der Waals surface area contributed by atoms with Gasteiger partial charge < -0.3 is 19.8 Å². The fourth-order valence-electron chi connectivity index (χ4n) is 3.49. The van der Waals surface area contributed by atoms with Gasteiger partial charge in [0.1, 0.15) is 23.8 Å². The number of carbonyl (C=O) groups is 2. The van der Waals surface area contributed by atoms with Gasteiger partial charge >= 0.3 is 0 Å². The van der Waals surface area contributed by atoms with Crippen molar-refractivity contribution in [3.63, 3.8) is 0 Å². The van der Waals surface area contributed by atoms with E-state index in [-0.39, 0.29) is 36.5 Å². The number of piperidine rings is 1. The maximum Gasteiger partial charge on any atom is 0.273 e. The van der Waals surface area contributed by atoms with Crippen LogP contribution in [0.25, 0.3) is 0 Å². The Labute approximate surface area is 163 Å². The summed E-state index contributed by atoms with van der Waals surface area (Å²) in [5.41, 5.74) is 1.18. The van der Waals surface area contributed by atoms with Crippen molar-refractivity contribution < 1.29 is 24.5 Å². The van der Waals surface area contributed by atoms with E-state index < -0.39 is 0 Å². The average Bonchev–Trinajstić information content (AvgIpc) is 2.72. The summed E-state index contributed by atoms with van der Waals surface area (Å²) in [6.45, 7) is 0.769. The number of aromatic nitrogens is 1.